The summed E-state index contributed by atoms with van der Waals surface area (Å²) >= 11 is 11.3. The average molecular weight is 579 g/mol. The van der Waals surface area contributed by atoms with Crippen LogP contribution in [-0.4, -0.2) is 46.1 Å². The third-order valence-corrected chi connectivity index (χ3v) is 7.17. The number of halogens is 4. The Balaban J connectivity index is 1.82. The molecule has 0 aromatic heterocycles. The number of carbonyl (C=O) groups is 3. The van der Waals surface area contributed by atoms with Crippen LogP contribution in [0, 0.1) is 5.82 Å². The summed E-state index contributed by atoms with van der Waals surface area (Å²) in [6.07, 6.45) is 0.658. The van der Waals surface area contributed by atoms with Crippen molar-refractivity contribution in [1.82, 2.24) is 15.5 Å². The summed E-state index contributed by atoms with van der Waals surface area (Å²) in [6, 6.07) is 8.05. The van der Waals surface area contributed by atoms with Crippen molar-refractivity contribution in [3.05, 3.63) is 76.8 Å². The second-order valence-corrected chi connectivity index (χ2v) is 9.98. The van der Waals surface area contributed by atoms with Crippen molar-refractivity contribution in [2.75, 3.05) is 4.90 Å². The molecule has 0 bridgehead atoms. The summed E-state index contributed by atoms with van der Waals surface area (Å²) in [5, 5.41) is 5.51. The molecule has 1 saturated carbocycles. The van der Waals surface area contributed by atoms with Crippen molar-refractivity contribution in [3.8, 4) is 0 Å². The molecule has 2 aromatic rings. The number of anilines is 1. The highest BCUT2D eigenvalue weighted by Crippen LogP contribution is 2.39. The van der Waals surface area contributed by atoms with Crippen LogP contribution >= 0.6 is 23.8 Å². The number of carbonyl (C=O) groups excluding carboxylic acids is 3. The number of alkyl halides is 2. The van der Waals surface area contributed by atoms with Gasteiger partial charge in [-0.1, -0.05) is 48.1 Å². The number of amides is 3. The van der Waals surface area contributed by atoms with Crippen LogP contribution in [0.3, 0.4) is 0 Å². The molecule has 7 nitrogen and oxygen atoms in total. The Hall–Kier alpha value is -3.44. The molecule has 3 amide bonds. The quantitative estimate of drug-likeness (QED) is 0.415. The molecule has 39 heavy (non-hydrogen) atoms. The lowest BCUT2D eigenvalue weighted by atomic mass is 9.87. The van der Waals surface area contributed by atoms with Gasteiger partial charge in [0.05, 0.1) is 5.49 Å². The number of hydrogen-bond donors (Lipinski definition) is 2. The van der Waals surface area contributed by atoms with Crippen LogP contribution in [0.1, 0.15) is 44.2 Å². The fraction of sp³-hybridized carbons (Fsp3) is 0.333. The maximum Gasteiger partial charge on any atom is 0.252 e. The number of nitrogens with zero attached hydrogens (tertiary/aromatic N) is 2. The molecule has 0 radical (unpaired) electrons. The maximum absolute atomic E-state index is 14.4. The smallest absolute Gasteiger partial charge is 0.252 e. The Labute approximate surface area is 234 Å². The second kappa shape index (κ2) is 11.7. The first-order chi connectivity index (χ1) is 18.6. The number of thiocarbonyl (C=S) groups is 1. The molecule has 2 N–H and O–H groups in total. The Bertz CT molecular complexity index is 1320. The SMILES string of the molecule is C/C=C(\NC=S)N1C(=O)CC[C@H]1C(=O)N(c1cccc(F)c1)[C@H](C(=O)NC1CC(F)(F)C1)c1ccccc1Cl. The predicted octanol–water partition coefficient (Wildman–Crippen LogP) is 4.87. The van der Waals surface area contributed by atoms with Gasteiger partial charge < -0.3 is 10.6 Å². The summed E-state index contributed by atoms with van der Waals surface area (Å²) in [6.45, 7) is 1.66. The third kappa shape index (κ3) is 6.09. The minimum atomic E-state index is -2.89. The molecule has 2 atom stereocenters. The molecule has 12 heteroatoms. The highest BCUT2D eigenvalue weighted by molar-refractivity contribution is 7.78. The molecule has 206 valence electrons. The van der Waals surface area contributed by atoms with E-state index >= 15 is 0 Å². The van der Waals surface area contributed by atoms with E-state index in [9.17, 15) is 27.6 Å². The standard InChI is InChI=1S/C27H26ClF3N4O3S/c1-2-22(32-15-39)35-21(10-11-23(35)36)26(38)34(18-7-5-6-16(29)12-18)24(19-8-3-4-9-20(19)28)25(37)33-17-13-27(30,31)14-17/h2-9,12,15,17,21,24H,10-11,13-14H2,1H3,(H,32,39)(H,33,37)/b22-2+/t21-,24-/m0/s1. The van der Waals surface area contributed by atoms with Crippen molar-refractivity contribution >= 4 is 52.7 Å². The lowest BCUT2D eigenvalue weighted by Crippen LogP contribution is -2.56. The van der Waals surface area contributed by atoms with Crippen molar-refractivity contribution < 1.29 is 27.6 Å². The van der Waals surface area contributed by atoms with Crippen molar-refractivity contribution in [1.29, 1.82) is 0 Å². The van der Waals surface area contributed by atoms with Crippen LogP contribution in [0.5, 0.6) is 0 Å². The van der Waals surface area contributed by atoms with Gasteiger partial charge in [0.1, 0.15) is 23.7 Å². The summed E-state index contributed by atoms with van der Waals surface area (Å²) in [5.74, 6) is -5.08. The van der Waals surface area contributed by atoms with E-state index in [-0.39, 0.29) is 40.8 Å². The Morgan fingerprint density at radius 2 is 1.92 bits per heavy atom. The number of nitrogens with one attached hydrogen (secondary N) is 2. The number of allylic oxidation sites excluding steroid dienone is 1. The molecule has 1 aliphatic carbocycles. The minimum absolute atomic E-state index is 0.0307. The van der Waals surface area contributed by atoms with E-state index in [2.05, 4.69) is 10.6 Å². The monoisotopic (exact) mass is 578 g/mol. The molecule has 2 aliphatic rings. The van der Waals surface area contributed by atoms with Gasteiger partial charge >= 0.3 is 0 Å². The van der Waals surface area contributed by atoms with Gasteiger partial charge in [0.25, 0.3) is 11.8 Å². The number of hydrogen-bond acceptors (Lipinski definition) is 4. The lowest BCUT2D eigenvalue weighted by Gasteiger charge is -2.39. The normalized spacial score (nSPS) is 19.7. The fourth-order valence-electron chi connectivity index (χ4n) is 4.90. The largest absolute Gasteiger partial charge is 0.351 e. The lowest BCUT2D eigenvalue weighted by molar-refractivity contribution is -0.135. The highest BCUT2D eigenvalue weighted by Gasteiger charge is 2.48. The predicted molar refractivity (Wildman–Crippen MR) is 145 cm³/mol. The Morgan fingerprint density at radius 1 is 1.21 bits per heavy atom. The minimum Gasteiger partial charge on any atom is -0.351 e. The first kappa shape index (κ1) is 28.6. The van der Waals surface area contributed by atoms with E-state index in [1.165, 1.54) is 40.7 Å². The van der Waals surface area contributed by atoms with E-state index in [1.54, 1.807) is 25.1 Å². The van der Waals surface area contributed by atoms with Crippen LogP contribution < -0.4 is 15.5 Å². The van der Waals surface area contributed by atoms with Gasteiger partial charge in [0, 0.05) is 41.6 Å². The highest BCUT2D eigenvalue weighted by atomic mass is 35.5. The van der Waals surface area contributed by atoms with Gasteiger partial charge in [-0.25, -0.2) is 13.2 Å². The van der Waals surface area contributed by atoms with Crippen molar-refractivity contribution in [2.45, 2.75) is 56.7 Å². The number of rotatable bonds is 9. The molecule has 2 fully saturated rings. The van der Waals surface area contributed by atoms with E-state index in [4.69, 9.17) is 23.8 Å². The van der Waals surface area contributed by atoms with Crippen LogP contribution in [0.25, 0.3) is 0 Å². The second-order valence-electron chi connectivity index (χ2n) is 9.34. The Morgan fingerprint density at radius 3 is 2.54 bits per heavy atom. The zero-order valence-corrected chi connectivity index (χ0v) is 22.4. The number of benzene rings is 2. The summed E-state index contributed by atoms with van der Waals surface area (Å²) in [5.41, 5.74) is 1.43. The zero-order valence-electron chi connectivity index (χ0n) is 20.9. The first-order valence-electron chi connectivity index (χ1n) is 12.3. The van der Waals surface area contributed by atoms with Crippen LogP contribution in [-0.2, 0) is 14.4 Å². The molecule has 0 unspecified atom stereocenters. The molecular formula is C27H26ClF3N4O3S. The van der Waals surface area contributed by atoms with E-state index in [0.29, 0.717) is 0 Å². The van der Waals surface area contributed by atoms with Gasteiger partial charge in [-0.05, 0) is 43.7 Å². The van der Waals surface area contributed by atoms with Crippen LogP contribution in [0.15, 0.2) is 60.4 Å². The Kier molecular flexibility index (Phi) is 8.60. The van der Waals surface area contributed by atoms with Crippen LogP contribution in [0.2, 0.25) is 5.02 Å². The van der Waals surface area contributed by atoms with Gasteiger partial charge in [-0.2, -0.15) is 0 Å². The first-order valence-corrected chi connectivity index (χ1v) is 13.1. The molecule has 1 heterocycles. The topological polar surface area (TPSA) is 81.8 Å². The van der Waals surface area contributed by atoms with E-state index < -0.39 is 54.5 Å². The van der Waals surface area contributed by atoms with Gasteiger partial charge in [0.2, 0.25) is 11.8 Å². The molecular weight excluding hydrogens is 553 g/mol. The van der Waals surface area contributed by atoms with Gasteiger partial charge in [-0.3, -0.25) is 24.2 Å². The molecule has 0 spiro atoms. The van der Waals surface area contributed by atoms with Crippen LogP contribution in [0.4, 0.5) is 18.9 Å². The van der Waals surface area contributed by atoms with Gasteiger partial charge in [-0.15, -0.1) is 0 Å². The summed E-state index contributed by atoms with van der Waals surface area (Å²) in [7, 11) is 0. The van der Waals surface area contributed by atoms with Crippen molar-refractivity contribution in [3.63, 3.8) is 0 Å². The molecule has 1 saturated heterocycles. The summed E-state index contributed by atoms with van der Waals surface area (Å²) < 4.78 is 41.5. The third-order valence-electron chi connectivity index (χ3n) is 6.70. The van der Waals surface area contributed by atoms with E-state index in [0.717, 1.165) is 11.0 Å². The van der Waals surface area contributed by atoms with E-state index in [1.807, 2.05) is 0 Å². The summed E-state index contributed by atoms with van der Waals surface area (Å²) in [4.78, 5) is 43.2. The fourth-order valence-corrected chi connectivity index (χ4v) is 5.26. The van der Waals surface area contributed by atoms with Crippen molar-refractivity contribution in [2.24, 2.45) is 0 Å². The van der Waals surface area contributed by atoms with Gasteiger partial charge in [0.15, 0.2) is 0 Å². The molecule has 2 aromatic carbocycles. The average Bonchev–Trinajstić information content (AvgIpc) is 3.26. The maximum atomic E-state index is 14.4. The number of likely N-dealkylation sites (tertiary alicyclic amines) is 1. The molecule has 4 rings (SSSR count). The molecule has 1 aliphatic heterocycles. The zero-order chi connectivity index (χ0) is 28.3.